The number of β-amino-alcohol motifs (C(OH)–C–C–N with tert-alkyl or cyclic N) is 1. The second-order valence-electron chi connectivity index (χ2n) is 8.59. The van der Waals surface area contributed by atoms with Gasteiger partial charge >= 0.3 is 0 Å². The van der Waals surface area contributed by atoms with Crippen LogP contribution in [0, 0.1) is 0 Å². The van der Waals surface area contributed by atoms with Crippen LogP contribution in [0.1, 0.15) is 30.4 Å². The van der Waals surface area contributed by atoms with Gasteiger partial charge in [-0.15, -0.1) is 5.10 Å². The molecule has 2 aliphatic rings. The Labute approximate surface area is 177 Å². The summed E-state index contributed by atoms with van der Waals surface area (Å²) in [4.78, 5) is 2.32. The monoisotopic (exact) mass is 403 g/mol. The molecule has 1 aliphatic carbocycles. The van der Waals surface area contributed by atoms with E-state index in [1.54, 1.807) is 4.68 Å². The van der Waals surface area contributed by atoms with E-state index in [9.17, 15) is 5.11 Å². The molecule has 1 saturated carbocycles. The number of benzene rings is 2. The molecule has 0 radical (unpaired) electrons. The van der Waals surface area contributed by atoms with Crippen molar-refractivity contribution in [3.8, 4) is 11.3 Å². The molecule has 3 aromatic rings. The van der Waals surface area contributed by atoms with E-state index in [2.05, 4.69) is 69.1 Å². The van der Waals surface area contributed by atoms with Crippen molar-refractivity contribution >= 4 is 5.69 Å². The summed E-state index contributed by atoms with van der Waals surface area (Å²) in [5.74, 6) is 0. The molecule has 2 heterocycles. The van der Waals surface area contributed by atoms with E-state index in [1.807, 2.05) is 6.20 Å². The maximum absolute atomic E-state index is 10.6. The molecule has 1 aromatic heterocycles. The molecule has 30 heavy (non-hydrogen) atoms. The number of aliphatic hydroxyl groups excluding tert-OH is 1. The van der Waals surface area contributed by atoms with Gasteiger partial charge in [0, 0.05) is 36.9 Å². The summed E-state index contributed by atoms with van der Waals surface area (Å²) in [6, 6.07) is 17.5. The van der Waals surface area contributed by atoms with Gasteiger partial charge in [0.25, 0.3) is 0 Å². The summed E-state index contributed by atoms with van der Waals surface area (Å²) >= 11 is 0. The predicted molar refractivity (Wildman–Crippen MR) is 118 cm³/mol. The maximum Gasteiger partial charge on any atom is 0.113 e. The average molecular weight is 404 g/mol. The normalized spacial score (nSPS) is 17.9. The zero-order valence-electron chi connectivity index (χ0n) is 17.2. The van der Waals surface area contributed by atoms with Crippen molar-refractivity contribution in [1.82, 2.24) is 19.9 Å². The molecule has 1 fully saturated rings. The highest BCUT2D eigenvalue weighted by Crippen LogP contribution is 2.26. The van der Waals surface area contributed by atoms with Gasteiger partial charge in [0.1, 0.15) is 5.69 Å². The van der Waals surface area contributed by atoms with Crippen molar-refractivity contribution < 1.29 is 5.11 Å². The molecule has 2 aromatic carbocycles. The van der Waals surface area contributed by atoms with Crippen molar-refractivity contribution in [1.29, 1.82) is 0 Å². The van der Waals surface area contributed by atoms with Crippen LogP contribution in [0.2, 0.25) is 0 Å². The second kappa shape index (κ2) is 8.58. The zero-order valence-corrected chi connectivity index (χ0v) is 17.2. The lowest BCUT2D eigenvalue weighted by atomic mass is 9.93. The van der Waals surface area contributed by atoms with E-state index in [-0.39, 0.29) is 0 Å². The second-order valence-corrected chi connectivity index (χ2v) is 8.59. The van der Waals surface area contributed by atoms with Gasteiger partial charge in [0.15, 0.2) is 0 Å². The third kappa shape index (κ3) is 4.40. The molecule has 0 spiro atoms. The highest BCUT2D eigenvalue weighted by Gasteiger charge is 2.19. The third-order valence-corrected chi connectivity index (χ3v) is 6.25. The number of nitrogens with one attached hydrogen (secondary N) is 1. The Hall–Kier alpha value is -2.70. The lowest BCUT2D eigenvalue weighted by Gasteiger charge is -2.30. The first-order valence-corrected chi connectivity index (χ1v) is 11.0. The molecule has 1 unspecified atom stereocenters. The largest absolute Gasteiger partial charge is 0.390 e. The van der Waals surface area contributed by atoms with E-state index in [0.717, 1.165) is 36.5 Å². The topological polar surface area (TPSA) is 66.2 Å². The number of rotatable bonds is 7. The lowest BCUT2D eigenvalue weighted by Crippen LogP contribution is -2.38. The van der Waals surface area contributed by atoms with Gasteiger partial charge in [-0.25, -0.2) is 4.68 Å². The first-order chi connectivity index (χ1) is 14.7. The van der Waals surface area contributed by atoms with Crippen molar-refractivity contribution in [3.63, 3.8) is 0 Å². The number of aromatic nitrogens is 3. The number of aliphatic hydroxyl groups is 1. The summed E-state index contributed by atoms with van der Waals surface area (Å²) in [6.45, 7) is 2.98. The van der Waals surface area contributed by atoms with Gasteiger partial charge in [-0.1, -0.05) is 41.6 Å². The molecule has 1 aliphatic heterocycles. The molecule has 0 saturated heterocycles. The molecule has 2 N–H and O–H groups in total. The molecular weight excluding hydrogens is 374 g/mol. The van der Waals surface area contributed by atoms with Crippen LogP contribution in [0.4, 0.5) is 5.69 Å². The maximum atomic E-state index is 10.6. The van der Waals surface area contributed by atoms with Crippen LogP contribution < -0.4 is 5.32 Å². The lowest BCUT2D eigenvalue weighted by molar-refractivity contribution is 0.0884. The number of fused-ring (bicyclic) bond motifs is 1. The van der Waals surface area contributed by atoms with Crippen molar-refractivity contribution in [2.45, 2.75) is 50.9 Å². The van der Waals surface area contributed by atoms with Gasteiger partial charge in [-0.05, 0) is 48.9 Å². The van der Waals surface area contributed by atoms with Crippen molar-refractivity contribution in [2.24, 2.45) is 0 Å². The summed E-state index contributed by atoms with van der Waals surface area (Å²) < 4.78 is 1.75. The molecular formula is C24H29N5O. The van der Waals surface area contributed by atoms with Crippen LogP contribution in [0.15, 0.2) is 54.7 Å². The summed E-state index contributed by atoms with van der Waals surface area (Å²) in [5.41, 5.74) is 5.82. The molecule has 1 atom stereocenters. The summed E-state index contributed by atoms with van der Waals surface area (Å²) in [5, 5.41) is 22.8. The minimum absolute atomic E-state index is 0.450. The van der Waals surface area contributed by atoms with Crippen LogP contribution >= 0.6 is 0 Å². The van der Waals surface area contributed by atoms with Gasteiger partial charge in [-0.2, -0.15) is 0 Å². The van der Waals surface area contributed by atoms with Crippen molar-refractivity contribution in [2.75, 3.05) is 18.4 Å². The minimum atomic E-state index is -0.476. The van der Waals surface area contributed by atoms with Crippen LogP contribution in [0.3, 0.4) is 0 Å². The molecule has 6 heteroatoms. The van der Waals surface area contributed by atoms with E-state index >= 15 is 0 Å². The average Bonchev–Trinajstić information content (AvgIpc) is 3.19. The number of nitrogens with zero attached hydrogens (tertiary/aromatic N) is 4. The van der Waals surface area contributed by atoms with Gasteiger partial charge in [0.2, 0.25) is 0 Å². The van der Waals surface area contributed by atoms with Crippen LogP contribution in [-0.2, 0) is 19.5 Å². The van der Waals surface area contributed by atoms with Gasteiger partial charge in [-0.3, -0.25) is 4.90 Å². The fraction of sp³-hybridized carbons (Fsp3) is 0.417. The third-order valence-electron chi connectivity index (χ3n) is 6.25. The fourth-order valence-electron chi connectivity index (χ4n) is 4.36. The van der Waals surface area contributed by atoms with E-state index < -0.39 is 6.10 Å². The predicted octanol–water partition coefficient (Wildman–Crippen LogP) is 3.33. The molecule has 5 rings (SSSR count). The van der Waals surface area contributed by atoms with E-state index in [4.69, 9.17) is 0 Å². The molecule has 6 nitrogen and oxygen atoms in total. The smallest absolute Gasteiger partial charge is 0.113 e. The minimum Gasteiger partial charge on any atom is -0.390 e. The quantitative estimate of drug-likeness (QED) is 0.633. The van der Waals surface area contributed by atoms with Gasteiger partial charge < -0.3 is 10.4 Å². The summed E-state index contributed by atoms with van der Waals surface area (Å²) in [6.07, 6.45) is 6.31. The Kier molecular flexibility index (Phi) is 5.51. The Morgan fingerprint density at radius 1 is 1.07 bits per heavy atom. The van der Waals surface area contributed by atoms with Crippen LogP contribution in [0.5, 0.6) is 0 Å². The Balaban J connectivity index is 1.18. The molecule has 0 amide bonds. The zero-order chi connectivity index (χ0) is 20.3. The first-order valence-electron chi connectivity index (χ1n) is 11.0. The highest BCUT2D eigenvalue weighted by atomic mass is 16.3. The number of hydrogen-bond acceptors (Lipinski definition) is 5. The van der Waals surface area contributed by atoms with Crippen LogP contribution in [0.25, 0.3) is 11.3 Å². The Morgan fingerprint density at radius 2 is 1.93 bits per heavy atom. The summed E-state index contributed by atoms with van der Waals surface area (Å²) in [7, 11) is 0. The van der Waals surface area contributed by atoms with Crippen molar-refractivity contribution in [3.05, 3.63) is 65.9 Å². The highest BCUT2D eigenvalue weighted by molar-refractivity contribution is 5.64. The number of hydrogen-bond donors (Lipinski definition) is 2. The van der Waals surface area contributed by atoms with Gasteiger partial charge in [0.05, 0.1) is 18.8 Å². The van der Waals surface area contributed by atoms with E-state index in [1.165, 1.54) is 30.4 Å². The molecule has 156 valence electrons. The fourth-order valence-corrected chi connectivity index (χ4v) is 4.36. The SMILES string of the molecule is OC(CN1CCc2ccccc2C1)Cn1cc(-c2cccc(NC3CCC3)c2)nn1. The Morgan fingerprint density at radius 3 is 2.77 bits per heavy atom. The number of anilines is 1. The van der Waals surface area contributed by atoms with Crippen LogP contribution in [-0.4, -0.2) is 50.2 Å². The molecule has 0 bridgehead atoms. The first kappa shape index (κ1) is 19.3. The van der Waals surface area contributed by atoms with E-state index in [0.29, 0.717) is 19.1 Å². The Bertz CT molecular complexity index is 997. The standard InChI is InChI=1S/C24H29N5O/c30-23(15-28-12-11-18-5-1-2-6-20(18)14-28)16-29-17-24(26-27-29)19-7-3-10-22(13-19)25-21-8-4-9-21/h1-3,5-7,10,13,17,21,23,25,30H,4,8-9,11-12,14-16H2.